The van der Waals surface area contributed by atoms with Crippen LogP contribution in [0.15, 0.2) is 54.6 Å². The number of rotatable bonds is 6. The number of amides is 2. The topological polar surface area (TPSA) is 41.6 Å². The number of ether oxygens (including phenoxy) is 1. The fourth-order valence-corrected chi connectivity index (χ4v) is 2.88. The van der Waals surface area contributed by atoms with E-state index in [1.807, 2.05) is 56.4 Å². The number of hydrogen-bond donors (Lipinski definition) is 1. The second-order valence-corrected chi connectivity index (χ2v) is 7.59. The van der Waals surface area contributed by atoms with Crippen molar-refractivity contribution in [1.82, 2.24) is 10.2 Å². The Morgan fingerprint density at radius 2 is 1.69 bits per heavy atom. The van der Waals surface area contributed by atoms with Gasteiger partial charge in [-0.3, -0.25) is 0 Å². The largest absolute Gasteiger partial charge is 0.494 e. The van der Waals surface area contributed by atoms with Crippen molar-refractivity contribution in [2.75, 3.05) is 13.7 Å². The molecule has 140 valence electrons. The van der Waals surface area contributed by atoms with Gasteiger partial charge in [-0.1, -0.05) is 63.2 Å². The van der Waals surface area contributed by atoms with Crippen LogP contribution in [0, 0.1) is 5.41 Å². The molecule has 1 atom stereocenters. The van der Waals surface area contributed by atoms with E-state index in [1.165, 1.54) is 0 Å². The zero-order valence-corrected chi connectivity index (χ0v) is 16.5. The van der Waals surface area contributed by atoms with Gasteiger partial charge in [0.25, 0.3) is 0 Å². The van der Waals surface area contributed by atoms with Crippen molar-refractivity contribution < 1.29 is 9.53 Å². The van der Waals surface area contributed by atoms with Gasteiger partial charge in [0.05, 0.1) is 12.6 Å². The molecule has 4 nitrogen and oxygen atoms in total. The van der Waals surface area contributed by atoms with Gasteiger partial charge in [0.2, 0.25) is 0 Å². The molecular formula is C22H30N2O2. The first-order chi connectivity index (χ1) is 12.3. The van der Waals surface area contributed by atoms with Gasteiger partial charge in [-0.2, -0.15) is 0 Å². The first-order valence-corrected chi connectivity index (χ1v) is 9.09. The Bertz CT molecular complexity index is 690. The van der Waals surface area contributed by atoms with Crippen LogP contribution < -0.4 is 10.1 Å². The number of carbonyl (C=O) groups excluding carboxylic acids is 1. The summed E-state index contributed by atoms with van der Waals surface area (Å²) in [6.07, 6.45) is 0. The van der Waals surface area contributed by atoms with E-state index in [1.54, 1.807) is 4.90 Å². The highest BCUT2D eigenvalue weighted by Crippen LogP contribution is 2.32. The minimum absolute atomic E-state index is 0.0565. The summed E-state index contributed by atoms with van der Waals surface area (Å²) in [6.45, 7) is 9.57. The molecule has 0 aromatic heterocycles. The van der Waals surface area contributed by atoms with Crippen LogP contribution in [0.2, 0.25) is 0 Å². The number of nitrogens with one attached hydrogen (secondary N) is 1. The molecular weight excluding hydrogens is 324 g/mol. The summed E-state index contributed by atoms with van der Waals surface area (Å²) in [5.41, 5.74) is 2.10. The minimum atomic E-state index is -0.0863. The first kappa shape index (κ1) is 19.8. The van der Waals surface area contributed by atoms with Crippen molar-refractivity contribution >= 4 is 6.03 Å². The summed E-state index contributed by atoms with van der Waals surface area (Å²) in [4.78, 5) is 14.4. The molecule has 0 spiro atoms. The van der Waals surface area contributed by atoms with Gasteiger partial charge in [-0.15, -0.1) is 0 Å². The van der Waals surface area contributed by atoms with Crippen molar-refractivity contribution in [1.29, 1.82) is 0 Å². The molecule has 0 aliphatic rings. The van der Waals surface area contributed by atoms with E-state index in [0.717, 1.165) is 16.9 Å². The highest BCUT2D eigenvalue weighted by atomic mass is 16.5. The Hall–Kier alpha value is -2.49. The Balaban J connectivity index is 2.04. The van der Waals surface area contributed by atoms with Gasteiger partial charge in [0.15, 0.2) is 0 Å². The van der Waals surface area contributed by atoms with Crippen LogP contribution in [0.1, 0.15) is 44.9 Å². The van der Waals surface area contributed by atoms with Gasteiger partial charge in [-0.25, -0.2) is 4.79 Å². The zero-order chi connectivity index (χ0) is 19.2. The van der Waals surface area contributed by atoms with Gasteiger partial charge in [-0.05, 0) is 35.6 Å². The SMILES string of the molecule is CCOc1ccc(CN(C)C(=O)NC(c2ccccc2)C(C)(C)C)cc1. The molecule has 2 amide bonds. The quantitative estimate of drug-likeness (QED) is 0.792. The highest BCUT2D eigenvalue weighted by molar-refractivity contribution is 5.74. The lowest BCUT2D eigenvalue weighted by Crippen LogP contribution is -2.43. The van der Waals surface area contributed by atoms with Crippen LogP contribution in [0.25, 0.3) is 0 Å². The zero-order valence-electron chi connectivity index (χ0n) is 16.5. The Kier molecular flexibility index (Phi) is 6.67. The van der Waals surface area contributed by atoms with Gasteiger partial charge in [0.1, 0.15) is 5.75 Å². The van der Waals surface area contributed by atoms with Crippen molar-refractivity contribution in [2.24, 2.45) is 5.41 Å². The van der Waals surface area contributed by atoms with Crippen molar-refractivity contribution in [2.45, 2.75) is 40.3 Å². The molecule has 2 aromatic rings. The maximum Gasteiger partial charge on any atom is 0.317 e. The Labute approximate surface area is 157 Å². The van der Waals surface area contributed by atoms with Crippen LogP contribution in [0.5, 0.6) is 5.75 Å². The van der Waals surface area contributed by atoms with Gasteiger partial charge < -0.3 is 15.0 Å². The summed E-state index contributed by atoms with van der Waals surface area (Å²) in [7, 11) is 1.82. The molecule has 1 unspecified atom stereocenters. The second-order valence-electron chi connectivity index (χ2n) is 7.59. The predicted molar refractivity (Wildman–Crippen MR) is 106 cm³/mol. The molecule has 2 aromatic carbocycles. The van der Waals surface area contributed by atoms with Gasteiger partial charge >= 0.3 is 6.03 Å². The standard InChI is InChI=1S/C22H30N2O2/c1-6-26-19-14-12-17(13-15-19)16-24(5)21(25)23-20(22(2,3)4)18-10-8-7-9-11-18/h7-15,20H,6,16H2,1-5H3,(H,23,25). The van der Waals surface area contributed by atoms with E-state index >= 15 is 0 Å². The summed E-state index contributed by atoms with van der Waals surface area (Å²) in [5, 5.41) is 3.19. The smallest absolute Gasteiger partial charge is 0.317 e. The third-order valence-corrected chi connectivity index (χ3v) is 4.27. The van der Waals surface area contributed by atoms with Crippen molar-refractivity contribution in [3.8, 4) is 5.75 Å². The molecule has 0 bridgehead atoms. The maximum absolute atomic E-state index is 12.7. The number of urea groups is 1. The fourth-order valence-electron chi connectivity index (χ4n) is 2.88. The van der Waals surface area contributed by atoms with E-state index in [-0.39, 0.29) is 17.5 Å². The van der Waals surface area contributed by atoms with Crippen LogP contribution in [-0.2, 0) is 6.54 Å². The lowest BCUT2D eigenvalue weighted by molar-refractivity contribution is 0.187. The first-order valence-electron chi connectivity index (χ1n) is 9.09. The van der Waals surface area contributed by atoms with E-state index < -0.39 is 0 Å². The van der Waals surface area contributed by atoms with Crippen molar-refractivity contribution in [3.05, 3.63) is 65.7 Å². The minimum Gasteiger partial charge on any atom is -0.494 e. The lowest BCUT2D eigenvalue weighted by Gasteiger charge is -2.33. The molecule has 1 N–H and O–H groups in total. The summed E-state index contributed by atoms with van der Waals surface area (Å²) < 4.78 is 5.46. The van der Waals surface area contributed by atoms with Gasteiger partial charge in [0, 0.05) is 13.6 Å². The van der Waals surface area contributed by atoms with E-state index in [2.05, 4.69) is 38.2 Å². The summed E-state index contributed by atoms with van der Waals surface area (Å²) in [6, 6.07) is 17.8. The molecule has 0 aliphatic carbocycles. The molecule has 0 heterocycles. The molecule has 0 saturated heterocycles. The van der Waals surface area contributed by atoms with Crippen LogP contribution >= 0.6 is 0 Å². The molecule has 26 heavy (non-hydrogen) atoms. The molecule has 0 fully saturated rings. The summed E-state index contributed by atoms with van der Waals surface area (Å²) in [5.74, 6) is 0.847. The van der Waals surface area contributed by atoms with Crippen LogP contribution in [-0.4, -0.2) is 24.6 Å². The van der Waals surface area contributed by atoms with Crippen LogP contribution in [0.3, 0.4) is 0 Å². The molecule has 0 radical (unpaired) electrons. The molecule has 4 heteroatoms. The highest BCUT2D eigenvalue weighted by Gasteiger charge is 2.28. The predicted octanol–water partition coefficient (Wildman–Crippen LogP) is 5.01. The Morgan fingerprint density at radius 1 is 1.08 bits per heavy atom. The fraction of sp³-hybridized carbons (Fsp3) is 0.409. The average Bonchev–Trinajstić information content (AvgIpc) is 2.61. The number of hydrogen-bond acceptors (Lipinski definition) is 2. The van der Waals surface area contributed by atoms with Crippen LogP contribution in [0.4, 0.5) is 4.79 Å². The average molecular weight is 354 g/mol. The number of benzene rings is 2. The number of nitrogens with zero attached hydrogens (tertiary/aromatic N) is 1. The molecule has 0 aliphatic heterocycles. The normalized spacial score (nSPS) is 12.3. The lowest BCUT2D eigenvalue weighted by atomic mass is 9.82. The molecule has 2 rings (SSSR count). The monoisotopic (exact) mass is 354 g/mol. The Morgan fingerprint density at radius 3 is 2.23 bits per heavy atom. The third-order valence-electron chi connectivity index (χ3n) is 4.27. The van der Waals surface area contributed by atoms with Crippen molar-refractivity contribution in [3.63, 3.8) is 0 Å². The summed E-state index contributed by atoms with van der Waals surface area (Å²) >= 11 is 0. The van der Waals surface area contributed by atoms with E-state index in [4.69, 9.17) is 4.74 Å². The third kappa shape index (κ3) is 5.51. The molecule has 0 saturated carbocycles. The maximum atomic E-state index is 12.7. The second kappa shape index (κ2) is 8.75. The van der Waals surface area contributed by atoms with E-state index in [0.29, 0.717) is 13.2 Å². The van der Waals surface area contributed by atoms with E-state index in [9.17, 15) is 4.79 Å². The number of carbonyl (C=O) groups is 1.